The quantitative estimate of drug-likeness (QED) is 0.856. The molecular formula is C13H15F3N2S. The summed E-state index contributed by atoms with van der Waals surface area (Å²) in [5.74, 6) is 0.958. The average Bonchev–Trinajstić information content (AvgIpc) is 2.36. The zero-order valence-corrected chi connectivity index (χ0v) is 11.2. The zero-order chi connectivity index (χ0) is 13.7. The second-order valence-corrected chi connectivity index (χ2v) is 5.44. The van der Waals surface area contributed by atoms with E-state index in [0.29, 0.717) is 6.42 Å². The van der Waals surface area contributed by atoms with Crippen molar-refractivity contribution in [1.82, 2.24) is 5.32 Å². The molecule has 0 saturated carbocycles. The van der Waals surface area contributed by atoms with Gasteiger partial charge in [-0.25, -0.2) is 0 Å². The minimum Gasteiger partial charge on any atom is -0.374 e. The molecule has 0 unspecified atom stereocenters. The second-order valence-electron chi connectivity index (χ2n) is 4.30. The lowest BCUT2D eigenvalue weighted by Gasteiger charge is -2.14. The molecule has 2 nitrogen and oxygen atoms in total. The molecule has 6 heteroatoms. The predicted molar refractivity (Wildman–Crippen MR) is 71.6 cm³/mol. The molecule has 0 bridgehead atoms. The molecule has 0 fully saturated rings. The van der Waals surface area contributed by atoms with Crippen LogP contribution in [0.3, 0.4) is 0 Å². The number of aryl methyl sites for hydroxylation is 1. The van der Waals surface area contributed by atoms with Crippen molar-refractivity contribution in [3.05, 3.63) is 29.8 Å². The number of thioether (sulfide) groups is 1. The Labute approximate surface area is 114 Å². The number of amidine groups is 1. The van der Waals surface area contributed by atoms with Crippen LogP contribution in [0, 0.1) is 0 Å². The van der Waals surface area contributed by atoms with Crippen LogP contribution in [0.4, 0.5) is 13.2 Å². The van der Waals surface area contributed by atoms with Gasteiger partial charge in [0.1, 0.15) is 0 Å². The summed E-state index contributed by atoms with van der Waals surface area (Å²) in [6.45, 7) is 1.77. The fourth-order valence-corrected chi connectivity index (χ4v) is 2.53. The third-order valence-corrected chi connectivity index (χ3v) is 3.47. The van der Waals surface area contributed by atoms with Crippen molar-refractivity contribution >= 4 is 17.6 Å². The Morgan fingerprint density at radius 3 is 2.79 bits per heavy atom. The first-order valence-electron chi connectivity index (χ1n) is 6.15. The van der Waals surface area contributed by atoms with Crippen LogP contribution in [-0.2, 0) is 6.42 Å². The Kier molecular flexibility index (Phi) is 4.74. The number of alkyl halides is 3. The van der Waals surface area contributed by atoms with Crippen molar-refractivity contribution in [2.75, 3.05) is 13.1 Å². The Balaban J connectivity index is 1.93. The van der Waals surface area contributed by atoms with E-state index in [9.17, 15) is 13.2 Å². The SMILES string of the molecule is FC(F)(F)Sc1cccc(CCC2=NCCCN2)c1. The monoisotopic (exact) mass is 288 g/mol. The number of hydrogen-bond acceptors (Lipinski definition) is 3. The first-order chi connectivity index (χ1) is 9.03. The summed E-state index contributed by atoms with van der Waals surface area (Å²) in [6, 6.07) is 6.60. The van der Waals surface area contributed by atoms with Crippen molar-refractivity contribution in [3.8, 4) is 0 Å². The van der Waals surface area contributed by atoms with Gasteiger partial charge < -0.3 is 5.32 Å². The molecule has 1 aliphatic rings. The maximum atomic E-state index is 12.3. The van der Waals surface area contributed by atoms with E-state index in [1.54, 1.807) is 12.1 Å². The molecule has 0 amide bonds. The minimum absolute atomic E-state index is 0.0695. The van der Waals surface area contributed by atoms with Crippen LogP contribution in [0.5, 0.6) is 0 Å². The Bertz CT molecular complexity index is 457. The Morgan fingerprint density at radius 1 is 1.26 bits per heavy atom. The Hall–Kier alpha value is -1.17. The minimum atomic E-state index is -4.23. The van der Waals surface area contributed by atoms with Crippen LogP contribution in [0.1, 0.15) is 18.4 Å². The molecule has 0 saturated heterocycles. The average molecular weight is 288 g/mol. The summed E-state index contributed by atoms with van der Waals surface area (Å²) in [4.78, 5) is 4.59. The van der Waals surface area contributed by atoms with E-state index in [1.807, 2.05) is 6.07 Å². The van der Waals surface area contributed by atoms with Crippen LogP contribution in [-0.4, -0.2) is 24.4 Å². The number of rotatable bonds is 4. The molecule has 1 aromatic rings. The topological polar surface area (TPSA) is 24.4 Å². The predicted octanol–water partition coefficient (Wildman–Crippen LogP) is 3.62. The fourth-order valence-electron chi connectivity index (χ4n) is 1.91. The lowest BCUT2D eigenvalue weighted by atomic mass is 10.1. The molecule has 19 heavy (non-hydrogen) atoms. The summed E-state index contributed by atoms with van der Waals surface area (Å²) in [6.07, 6.45) is 2.50. The fraction of sp³-hybridized carbons (Fsp3) is 0.462. The maximum absolute atomic E-state index is 12.3. The standard InChI is InChI=1S/C13H15F3N2S/c14-13(15,16)19-11-4-1-3-10(9-11)5-6-12-17-7-2-8-18-12/h1,3-4,9H,2,5-8H2,(H,17,18). The lowest BCUT2D eigenvalue weighted by molar-refractivity contribution is -0.0328. The van der Waals surface area contributed by atoms with E-state index in [1.165, 1.54) is 6.07 Å². The van der Waals surface area contributed by atoms with Gasteiger partial charge in [0, 0.05) is 24.4 Å². The van der Waals surface area contributed by atoms with Crippen LogP contribution in [0.2, 0.25) is 0 Å². The summed E-state index contributed by atoms with van der Waals surface area (Å²) < 4.78 is 36.9. The molecule has 0 spiro atoms. The number of nitrogens with zero attached hydrogens (tertiary/aromatic N) is 1. The van der Waals surface area contributed by atoms with Crippen molar-refractivity contribution in [2.45, 2.75) is 29.7 Å². The molecule has 104 valence electrons. The molecule has 0 aliphatic carbocycles. The number of hydrogen-bond donors (Lipinski definition) is 1. The molecule has 2 rings (SSSR count). The smallest absolute Gasteiger partial charge is 0.374 e. The number of benzene rings is 1. The zero-order valence-electron chi connectivity index (χ0n) is 10.3. The van der Waals surface area contributed by atoms with E-state index in [2.05, 4.69) is 10.3 Å². The van der Waals surface area contributed by atoms with Gasteiger partial charge in [-0.3, -0.25) is 4.99 Å². The van der Waals surface area contributed by atoms with Crippen molar-refractivity contribution < 1.29 is 13.2 Å². The highest BCUT2D eigenvalue weighted by atomic mass is 32.2. The van der Waals surface area contributed by atoms with Gasteiger partial charge in [0.15, 0.2) is 0 Å². The molecule has 1 N–H and O–H groups in total. The largest absolute Gasteiger partial charge is 0.446 e. The van der Waals surface area contributed by atoms with Gasteiger partial charge in [-0.1, -0.05) is 12.1 Å². The van der Waals surface area contributed by atoms with E-state index in [-0.39, 0.29) is 16.7 Å². The van der Waals surface area contributed by atoms with Crippen molar-refractivity contribution in [1.29, 1.82) is 0 Å². The van der Waals surface area contributed by atoms with E-state index in [4.69, 9.17) is 0 Å². The van der Waals surface area contributed by atoms with Gasteiger partial charge >= 0.3 is 5.51 Å². The first-order valence-corrected chi connectivity index (χ1v) is 6.96. The molecule has 0 aromatic heterocycles. The van der Waals surface area contributed by atoms with Crippen molar-refractivity contribution in [3.63, 3.8) is 0 Å². The van der Waals surface area contributed by atoms with Gasteiger partial charge in [0.25, 0.3) is 0 Å². The molecule has 1 heterocycles. The summed E-state index contributed by atoms with van der Waals surface area (Å²) >= 11 is -0.0695. The van der Waals surface area contributed by atoms with Gasteiger partial charge in [0.05, 0.1) is 5.84 Å². The summed E-state index contributed by atoms with van der Waals surface area (Å²) in [5.41, 5.74) is -3.32. The number of aliphatic imine (C=N–C) groups is 1. The molecule has 1 aromatic carbocycles. The van der Waals surface area contributed by atoms with Gasteiger partial charge in [0.2, 0.25) is 0 Å². The second kappa shape index (κ2) is 6.32. The highest BCUT2D eigenvalue weighted by Crippen LogP contribution is 2.37. The van der Waals surface area contributed by atoms with E-state index in [0.717, 1.165) is 37.3 Å². The molecular weight excluding hydrogens is 273 g/mol. The van der Waals surface area contributed by atoms with Gasteiger partial charge in [-0.2, -0.15) is 13.2 Å². The van der Waals surface area contributed by atoms with Crippen LogP contribution in [0.15, 0.2) is 34.2 Å². The normalized spacial score (nSPS) is 15.8. The first kappa shape index (κ1) is 14.2. The van der Waals surface area contributed by atoms with E-state index < -0.39 is 5.51 Å². The third kappa shape index (κ3) is 5.14. The van der Waals surface area contributed by atoms with Crippen LogP contribution < -0.4 is 5.32 Å². The summed E-state index contributed by atoms with van der Waals surface area (Å²) in [5, 5.41) is 3.21. The van der Waals surface area contributed by atoms with Crippen molar-refractivity contribution in [2.24, 2.45) is 4.99 Å². The summed E-state index contributed by atoms with van der Waals surface area (Å²) in [7, 11) is 0. The molecule has 0 radical (unpaired) electrons. The van der Waals surface area contributed by atoms with Gasteiger partial charge in [-0.05, 0) is 42.3 Å². The third-order valence-electron chi connectivity index (χ3n) is 2.75. The maximum Gasteiger partial charge on any atom is 0.446 e. The highest BCUT2D eigenvalue weighted by Gasteiger charge is 2.29. The molecule has 0 atom stereocenters. The highest BCUT2D eigenvalue weighted by molar-refractivity contribution is 8.00. The van der Waals surface area contributed by atoms with Crippen LogP contribution >= 0.6 is 11.8 Å². The van der Waals surface area contributed by atoms with Gasteiger partial charge in [-0.15, -0.1) is 0 Å². The number of halogens is 3. The van der Waals surface area contributed by atoms with E-state index >= 15 is 0 Å². The number of nitrogens with one attached hydrogen (secondary N) is 1. The van der Waals surface area contributed by atoms with Crippen LogP contribution in [0.25, 0.3) is 0 Å². The lowest BCUT2D eigenvalue weighted by Crippen LogP contribution is -2.29. The Morgan fingerprint density at radius 2 is 2.11 bits per heavy atom. The molecule has 1 aliphatic heterocycles.